The molecule has 0 aliphatic carbocycles. The third-order valence-corrected chi connectivity index (χ3v) is 3.14. The Morgan fingerprint density at radius 2 is 1.56 bits per heavy atom. The van der Waals surface area contributed by atoms with Gasteiger partial charge in [0, 0.05) is 11.8 Å². The molecule has 0 bridgehead atoms. The highest BCUT2D eigenvalue weighted by Crippen LogP contribution is 2.28. The number of hydrogen-bond donors (Lipinski definition) is 6. The van der Waals surface area contributed by atoms with Crippen molar-refractivity contribution >= 4 is 17.6 Å². The van der Waals surface area contributed by atoms with Gasteiger partial charge in [-0.1, -0.05) is 12.1 Å². The lowest BCUT2D eigenvalue weighted by Gasteiger charge is -2.22. The number of para-hydroxylation sites is 1. The van der Waals surface area contributed by atoms with Crippen molar-refractivity contribution in [3.63, 3.8) is 0 Å². The SMILES string of the molecule is CC(C)(Nc1ccc(O)c(O)c1)C(=O)O.NC(=O)c1ccccc1O. The summed E-state index contributed by atoms with van der Waals surface area (Å²) < 4.78 is 0. The zero-order chi connectivity index (χ0) is 19.2. The molecule has 0 aliphatic rings. The van der Waals surface area contributed by atoms with E-state index >= 15 is 0 Å². The van der Waals surface area contributed by atoms with Crippen LogP contribution in [0.2, 0.25) is 0 Å². The topological polar surface area (TPSA) is 153 Å². The normalized spacial score (nSPS) is 10.3. The van der Waals surface area contributed by atoms with E-state index in [4.69, 9.17) is 21.1 Å². The largest absolute Gasteiger partial charge is 0.507 e. The van der Waals surface area contributed by atoms with Crippen LogP contribution in [-0.2, 0) is 4.79 Å². The second-order valence-electron chi connectivity index (χ2n) is 5.64. The Bertz CT molecular complexity index is 773. The molecule has 0 saturated carbocycles. The number of aromatic hydroxyl groups is 3. The number of hydrogen-bond acceptors (Lipinski definition) is 6. The van der Waals surface area contributed by atoms with Crippen LogP contribution >= 0.6 is 0 Å². The highest BCUT2D eigenvalue weighted by Gasteiger charge is 2.26. The van der Waals surface area contributed by atoms with E-state index in [1.165, 1.54) is 44.2 Å². The zero-order valence-electron chi connectivity index (χ0n) is 13.7. The molecule has 1 amide bonds. The molecule has 8 nitrogen and oxygen atoms in total. The number of benzene rings is 2. The van der Waals surface area contributed by atoms with Crippen molar-refractivity contribution in [3.8, 4) is 17.2 Å². The molecule has 25 heavy (non-hydrogen) atoms. The second kappa shape index (κ2) is 7.91. The third-order valence-electron chi connectivity index (χ3n) is 3.14. The highest BCUT2D eigenvalue weighted by atomic mass is 16.4. The summed E-state index contributed by atoms with van der Waals surface area (Å²) in [6, 6.07) is 10.2. The minimum atomic E-state index is -1.14. The van der Waals surface area contributed by atoms with Crippen molar-refractivity contribution in [2.45, 2.75) is 19.4 Å². The number of carboxylic acids is 1. The fourth-order valence-corrected chi connectivity index (χ4v) is 1.70. The average Bonchev–Trinajstić information content (AvgIpc) is 2.51. The summed E-state index contributed by atoms with van der Waals surface area (Å²) in [5.74, 6) is -2.22. The number of carbonyl (C=O) groups excluding carboxylic acids is 1. The van der Waals surface area contributed by atoms with Gasteiger partial charge in [-0.2, -0.15) is 0 Å². The second-order valence-corrected chi connectivity index (χ2v) is 5.64. The Morgan fingerprint density at radius 1 is 0.960 bits per heavy atom. The van der Waals surface area contributed by atoms with Crippen LogP contribution in [0, 0.1) is 0 Å². The molecule has 2 aromatic rings. The number of amides is 1. The number of aliphatic carboxylic acids is 1. The predicted molar refractivity (Wildman–Crippen MR) is 91.7 cm³/mol. The summed E-state index contributed by atoms with van der Waals surface area (Å²) in [6.45, 7) is 3.00. The van der Waals surface area contributed by atoms with Gasteiger partial charge in [-0.3, -0.25) is 4.79 Å². The van der Waals surface area contributed by atoms with Crippen LogP contribution in [-0.4, -0.2) is 37.8 Å². The fourth-order valence-electron chi connectivity index (χ4n) is 1.70. The van der Waals surface area contributed by atoms with Gasteiger partial charge in [-0.25, -0.2) is 4.79 Å². The average molecular weight is 348 g/mol. The molecule has 0 atom stereocenters. The molecule has 2 aromatic carbocycles. The Labute approximate surface area is 144 Å². The minimum Gasteiger partial charge on any atom is -0.507 e. The third kappa shape index (κ3) is 5.61. The molecule has 0 aliphatic heterocycles. The number of nitrogens with one attached hydrogen (secondary N) is 1. The van der Waals surface area contributed by atoms with Crippen molar-refractivity contribution in [2.75, 3.05) is 5.32 Å². The first-order chi connectivity index (χ1) is 11.5. The van der Waals surface area contributed by atoms with E-state index < -0.39 is 17.4 Å². The predicted octanol–water partition coefficient (Wildman–Crippen LogP) is 1.86. The maximum absolute atomic E-state index is 10.8. The number of carbonyl (C=O) groups is 2. The molecule has 134 valence electrons. The van der Waals surface area contributed by atoms with E-state index in [1.807, 2.05) is 0 Å². The van der Waals surface area contributed by atoms with Gasteiger partial charge in [-0.05, 0) is 38.1 Å². The van der Waals surface area contributed by atoms with E-state index in [-0.39, 0.29) is 22.8 Å². The first-order valence-corrected chi connectivity index (χ1v) is 7.16. The van der Waals surface area contributed by atoms with E-state index in [1.54, 1.807) is 12.1 Å². The number of rotatable bonds is 4. The van der Waals surface area contributed by atoms with Crippen LogP contribution in [0.5, 0.6) is 17.2 Å². The molecular weight excluding hydrogens is 328 g/mol. The zero-order valence-corrected chi connectivity index (χ0v) is 13.7. The van der Waals surface area contributed by atoms with Crippen LogP contribution in [0.1, 0.15) is 24.2 Å². The van der Waals surface area contributed by atoms with Crippen molar-refractivity contribution < 1.29 is 30.0 Å². The molecule has 0 saturated heterocycles. The van der Waals surface area contributed by atoms with Crippen LogP contribution in [0.4, 0.5) is 5.69 Å². The van der Waals surface area contributed by atoms with Gasteiger partial charge in [0.15, 0.2) is 11.5 Å². The standard InChI is InChI=1S/C10H13NO4.C7H7NO2/c1-10(2,9(14)15)11-6-3-4-7(12)8(13)5-6;8-7(10)5-3-1-2-4-6(5)9/h3-5,11-13H,1-2H3,(H,14,15);1-4,9H,(H2,8,10). The van der Waals surface area contributed by atoms with Crippen molar-refractivity contribution in [1.29, 1.82) is 0 Å². The number of nitrogens with two attached hydrogens (primary N) is 1. The monoisotopic (exact) mass is 348 g/mol. The quantitative estimate of drug-likeness (QED) is 0.364. The summed E-state index contributed by atoms with van der Waals surface area (Å²) in [5, 5.41) is 38.8. The van der Waals surface area contributed by atoms with Crippen LogP contribution in [0.25, 0.3) is 0 Å². The van der Waals surface area contributed by atoms with Gasteiger partial charge in [-0.15, -0.1) is 0 Å². The number of carboxylic acid groups (broad SMARTS) is 1. The van der Waals surface area contributed by atoms with Crippen molar-refractivity contribution in [1.82, 2.24) is 0 Å². The van der Waals surface area contributed by atoms with E-state index in [9.17, 15) is 14.7 Å². The highest BCUT2D eigenvalue weighted by molar-refractivity contribution is 5.95. The molecule has 0 unspecified atom stereocenters. The summed E-state index contributed by atoms with van der Waals surface area (Å²) in [7, 11) is 0. The maximum atomic E-state index is 10.8. The Hall–Kier alpha value is -3.42. The van der Waals surface area contributed by atoms with Gasteiger partial charge in [0.25, 0.3) is 5.91 Å². The first-order valence-electron chi connectivity index (χ1n) is 7.16. The van der Waals surface area contributed by atoms with Crippen molar-refractivity contribution in [2.24, 2.45) is 5.73 Å². The minimum absolute atomic E-state index is 0.0741. The summed E-state index contributed by atoms with van der Waals surface area (Å²) in [6.07, 6.45) is 0. The van der Waals surface area contributed by atoms with Gasteiger partial charge >= 0.3 is 5.97 Å². The van der Waals surface area contributed by atoms with E-state index in [0.717, 1.165) is 0 Å². The Morgan fingerprint density at radius 3 is 2.00 bits per heavy atom. The van der Waals surface area contributed by atoms with Crippen LogP contribution in [0.15, 0.2) is 42.5 Å². The molecule has 7 N–H and O–H groups in total. The number of anilines is 1. The van der Waals surface area contributed by atoms with Crippen molar-refractivity contribution in [3.05, 3.63) is 48.0 Å². The molecule has 2 rings (SSSR count). The molecule has 0 radical (unpaired) electrons. The van der Waals surface area contributed by atoms with Gasteiger partial charge in [0.2, 0.25) is 0 Å². The van der Waals surface area contributed by atoms with Crippen LogP contribution < -0.4 is 11.1 Å². The number of phenolic OH excluding ortho intramolecular Hbond substituents is 2. The lowest BCUT2D eigenvalue weighted by Crippen LogP contribution is -2.39. The lowest BCUT2D eigenvalue weighted by atomic mass is 10.1. The summed E-state index contributed by atoms with van der Waals surface area (Å²) in [4.78, 5) is 21.3. The smallest absolute Gasteiger partial charge is 0.328 e. The fraction of sp³-hybridized carbons (Fsp3) is 0.176. The summed E-state index contributed by atoms with van der Waals surface area (Å²) in [5.41, 5.74) is 4.36. The van der Waals surface area contributed by atoms with E-state index in [2.05, 4.69) is 5.32 Å². The molecular formula is C17H20N2O6. The molecule has 8 heteroatoms. The maximum Gasteiger partial charge on any atom is 0.328 e. The Balaban J connectivity index is 0.000000271. The molecule has 0 spiro atoms. The first kappa shape index (κ1) is 19.6. The lowest BCUT2D eigenvalue weighted by molar-refractivity contribution is -0.141. The van der Waals surface area contributed by atoms with Gasteiger partial charge in [0.05, 0.1) is 5.56 Å². The van der Waals surface area contributed by atoms with Gasteiger partial charge in [0.1, 0.15) is 11.3 Å². The van der Waals surface area contributed by atoms with Gasteiger partial charge < -0.3 is 31.5 Å². The summed E-state index contributed by atoms with van der Waals surface area (Å²) >= 11 is 0. The van der Waals surface area contributed by atoms with E-state index in [0.29, 0.717) is 5.69 Å². The van der Waals surface area contributed by atoms with Crippen LogP contribution in [0.3, 0.4) is 0 Å². The molecule has 0 aromatic heterocycles. The Kier molecular flexibility index (Phi) is 6.21. The molecule has 0 fully saturated rings. The molecule has 0 heterocycles. The number of phenols is 3. The number of primary amides is 1.